The van der Waals surface area contributed by atoms with Crippen molar-refractivity contribution in [3.8, 4) is 0 Å². The molecule has 6 heteroatoms. The van der Waals surface area contributed by atoms with Gasteiger partial charge in [0, 0.05) is 30.5 Å². The maximum Gasteiger partial charge on any atom is 0.269 e. The van der Waals surface area contributed by atoms with Crippen LogP contribution in [0.15, 0.2) is 23.2 Å². The first-order chi connectivity index (χ1) is 10.9. The maximum atomic E-state index is 10.9. The maximum absolute atomic E-state index is 10.9. The topological polar surface area (TPSA) is 58.7 Å². The first-order valence-corrected chi connectivity index (χ1v) is 9.15. The predicted molar refractivity (Wildman–Crippen MR) is 97.6 cm³/mol. The van der Waals surface area contributed by atoms with E-state index < -0.39 is 0 Å². The van der Waals surface area contributed by atoms with E-state index in [9.17, 15) is 10.1 Å². The Balaban J connectivity index is 2.27. The molecule has 0 saturated carbocycles. The molecule has 0 aliphatic carbocycles. The molecule has 0 bridgehead atoms. The fourth-order valence-electron chi connectivity index (χ4n) is 2.70. The van der Waals surface area contributed by atoms with Crippen LogP contribution in [0.3, 0.4) is 0 Å². The Bertz CT molecular complexity index is 602. The Morgan fingerprint density at radius 3 is 2.78 bits per heavy atom. The van der Waals surface area contributed by atoms with Crippen molar-refractivity contribution in [1.29, 1.82) is 0 Å². The van der Waals surface area contributed by atoms with E-state index in [1.165, 1.54) is 6.07 Å². The lowest BCUT2D eigenvalue weighted by molar-refractivity contribution is -0.384. The molecule has 1 unspecified atom stereocenters. The van der Waals surface area contributed by atoms with Crippen LogP contribution in [0.25, 0.3) is 0 Å². The Morgan fingerprint density at radius 1 is 1.48 bits per heavy atom. The molecule has 0 radical (unpaired) electrons. The van der Waals surface area contributed by atoms with Gasteiger partial charge in [0.15, 0.2) is 5.17 Å². The molecule has 1 heterocycles. The summed E-state index contributed by atoms with van der Waals surface area (Å²) in [6.45, 7) is 9.61. The lowest BCUT2D eigenvalue weighted by atomic mass is 10.0. The average molecular weight is 335 g/mol. The number of nitro groups is 1. The van der Waals surface area contributed by atoms with Gasteiger partial charge in [-0.3, -0.25) is 10.1 Å². The molecule has 1 aromatic carbocycles. The molecule has 0 N–H and O–H groups in total. The van der Waals surface area contributed by atoms with E-state index in [-0.39, 0.29) is 10.6 Å². The van der Waals surface area contributed by atoms with E-state index >= 15 is 0 Å². The third-order valence-corrected chi connectivity index (χ3v) is 5.25. The van der Waals surface area contributed by atoms with Gasteiger partial charge in [-0.2, -0.15) is 0 Å². The van der Waals surface area contributed by atoms with Crippen molar-refractivity contribution in [2.24, 2.45) is 10.9 Å². The summed E-state index contributed by atoms with van der Waals surface area (Å²) in [5.41, 5.74) is 1.79. The van der Waals surface area contributed by atoms with E-state index in [0.717, 1.165) is 41.6 Å². The van der Waals surface area contributed by atoms with Gasteiger partial charge in [-0.1, -0.05) is 39.0 Å². The van der Waals surface area contributed by atoms with Crippen LogP contribution in [0.1, 0.15) is 39.2 Å². The lowest BCUT2D eigenvalue weighted by Gasteiger charge is -2.28. The number of hydrogen-bond acceptors (Lipinski definition) is 4. The summed E-state index contributed by atoms with van der Waals surface area (Å²) in [5, 5.41) is 11.9. The van der Waals surface area contributed by atoms with Gasteiger partial charge in [-0.25, -0.2) is 4.99 Å². The minimum absolute atomic E-state index is 0.119. The highest BCUT2D eigenvalue weighted by atomic mass is 32.2. The van der Waals surface area contributed by atoms with E-state index in [4.69, 9.17) is 4.99 Å². The Hall–Kier alpha value is -1.56. The van der Waals surface area contributed by atoms with E-state index in [0.29, 0.717) is 12.0 Å². The first-order valence-electron chi connectivity index (χ1n) is 8.17. The van der Waals surface area contributed by atoms with Crippen molar-refractivity contribution in [2.45, 2.75) is 46.6 Å². The van der Waals surface area contributed by atoms with Crippen molar-refractivity contribution in [2.75, 3.05) is 12.3 Å². The highest BCUT2D eigenvalue weighted by molar-refractivity contribution is 8.14. The second-order valence-corrected chi connectivity index (χ2v) is 7.28. The summed E-state index contributed by atoms with van der Waals surface area (Å²) in [6.07, 6.45) is 2.32. The fraction of sp³-hybridized carbons (Fsp3) is 0.588. The van der Waals surface area contributed by atoms with Crippen LogP contribution in [0.4, 0.5) is 11.4 Å². The molecule has 5 nitrogen and oxygen atoms in total. The van der Waals surface area contributed by atoms with Crippen LogP contribution < -0.4 is 0 Å². The predicted octanol–water partition coefficient (Wildman–Crippen LogP) is 4.76. The second-order valence-electron chi connectivity index (χ2n) is 6.29. The van der Waals surface area contributed by atoms with Crippen LogP contribution in [0.5, 0.6) is 0 Å². The number of nitro benzene ring substituents is 1. The number of non-ortho nitro benzene ring substituents is 1. The quantitative estimate of drug-likeness (QED) is 0.555. The molecular weight excluding hydrogens is 310 g/mol. The number of thioether (sulfide) groups is 1. The molecule has 1 fully saturated rings. The first kappa shape index (κ1) is 17.8. The SMILES string of the molecule is CCCCN1C(=Nc2ccc([N+](=O)[O-])cc2C)SCC1C(C)C. The highest BCUT2D eigenvalue weighted by Crippen LogP contribution is 2.32. The van der Waals surface area contributed by atoms with E-state index in [1.807, 2.05) is 6.92 Å². The van der Waals surface area contributed by atoms with Crippen molar-refractivity contribution in [3.63, 3.8) is 0 Å². The molecule has 1 aromatic rings. The number of benzene rings is 1. The van der Waals surface area contributed by atoms with Crippen LogP contribution in [0, 0.1) is 23.0 Å². The van der Waals surface area contributed by atoms with Crippen molar-refractivity contribution < 1.29 is 4.92 Å². The zero-order valence-corrected chi connectivity index (χ0v) is 15.1. The Kier molecular flexibility index (Phi) is 6.04. The minimum atomic E-state index is -0.364. The highest BCUT2D eigenvalue weighted by Gasteiger charge is 2.31. The molecule has 0 aromatic heterocycles. The minimum Gasteiger partial charge on any atom is -0.347 e. The smallest absolute Gasteiger partial charge is 0.269 e. The molecule has 1 atom stereocenters. The summed E-state index contributed by atoms with van der Waals surface area (Å²) in [6, 6.07) is 5.39. The molecule has 0 spiro atoms. The molecule has 0 amide bonds. The van der Waals surface area contributed by atoms with Gasteiger partial charge in [0.1, 0.15) is 0 Å². The second kappa shape index (κ2) is 7.81. The molecule has 1 saturated heterocycles. The van der Waals surface area contributed by atoms with Gasteiger partial charge in [0.2, 0.25) is 0 Å². The van der Waals surface area contributed by atoms with Gasteiger partial charge in [-0.05, 0) is 30.9 Å². The number of nitrogens with zero attached hydrogens (tertiary/aromatic N) is 3. The van der Waals surface area contributed by atoms with Gasteiger partial charge < -0.3 is 4.90 Å². The molecule has 1 aliphatic heterocycles. The summed E-state index contributed by atoms with van der Waals surface area (Å²) in [7, 11) is 0. The molecule has 23 heavy (non-hydrogen) atoms. The van der Waals surface area contributed by atoms with Crippen molar-refractivity contribution >= 4 is 28.3 Å². The molecule has 2 rings (SSSR count). The van der Waals surface area contributed by atoms with Crippen LogP contribution in [-0.2, 0) is 0 Å². The monoisotopic (exact) mass is 335 g/mol. The van der Waals surface area contributed by atoms with Crippen molar-refractivity contribution in [1.82, 2.24) is 4.90 Å². The Labute approximate surface area is 142 Å². The van der Waals surface area contributed by atoms with Gasteiger partial charge in [0.25, 0.3) is 5.69 Å². The van der Waals surface area contributed by atoms with Gasteiger partial charge >= 0.3 is 0 Å². The lowest BCUT2D eigenvalue weighted by Crippen LogP contribution is -2.38. The molecular formula is C17H25N3O2S. The number of aryl methyl sites for hydroxylation is 1. The number of aliphatic imine (C=N–C) groups is 1. The number of hydrogen-bond donors (Lipinski definition) is 0. The van der Waals surface area contributed by atoms with Crippen LogP contribution in [-0.4, -0.2) is 33.3 Å². The summed E-state index contributed by atoms with van der Waals surface area (Å²) in [5.74, 6) is 1.65. The zero-order chi connectivity index (χ0) is 17.0. The summed E-state index contributed by atoms with van der Waals surface area (Å²) >= 11 is 1.79. The third-order valence-electron chi connectivity index (χ3n) is 4.16. The molecule has 1 aliphatic rings. The standard InChI is InChI=1S/C17H25N3O2S/c1-5-6-9-19-16(12(2)3)11-23-17(19)18-15-8-7-14(20(21)22)10-13(15)4/h7-8,10,12,16H,5-6,9,11H2,1-4H3. The van der Waals surface area contributed by atoms with Gasteiger partial charge in [0.05, 0.1) is 10.6 Å². The fourth-order valence-corrected chi connectivity index (χ4v) is 4.14. The largest absolute Gasteiger partial charge is 0.347 e. The molecule has 126 valence electrons. The van der Waals surface area contributed by atoms with Crippen LogP contribution in [0.2, 0.25) is 0 Å². The van der Waals surface area contributed by atoms with Crippen LogP contribution >= 0.6 is 11.8 Å². The summed E-state index contributed by atoms with van der Waals surface area (Å²) < 4.78 is 0. The number of amidine groups is 1. The zero-order valence-electron chi connectivity index (χ0n) is 14.3. The summed E-state index contributed by atoms with van der Waals surface area (Å²) in [4.78, 5) is 17.7. The number of rotatable bonds is 6. The normalized spacial score (nSPS) is 19.8. The third kappa shape index (κ3) is 4.25. The average Bonchev–Trinajstić information content (AvgIpc) is 2.89. The van der Waals surface area contributed by atoms with Crippen molar-refractivity contribution in [3.05, 3.63) is 33.9 Å². The van der Waals surface area contributed by atoms with E-state index in [1.54, 1.807) is 23.9 Å². The Morgan fingerprint density at radius 2 is 2.22 bits per heavy atom. The van der Waals surface area contributed by atoms with Gasteiger partial charge in [-0.15, -0.1) is 0 Å². The van der Waals surface area contributed by atoms with E-state index in [2.05, 4.69) is 25.7 Å². The number of unbranched alkanes of at least 4 members (excludes halogenated alkanes) is 1.